The molecule has 0 saturated carbocycles. The number of furan rings is 1. The fourth-order valence-corrected chi connectivity index (χ4v) is 5.38. The Kier molecular flexibility index (Phi) is 10.3. The maximum Gasteiger partial charge on any atom is 0.248 e. The third-order valence-electron chi connectivity index (χ3n) is 7.66. The second kappa shape index (κ2) is 15.3. The van der Waals surface area contributed by atoms with Gasteiger partial charge in [-0.1, -0.05) is 91.0 Å². The molecule has 1 unspecified atom stereocenters. The highest BCUT2D eigenvalue weighted by Crippen LogP contribution is 2.43. The van der Waals surface area contributed by atoms with Crippen LogP contribution in [0, 0.1) is 5.82 Å². The summed E-state index contributed by atoms with van der Waals surface area (Å²) >= 11 is 0. The molecule has 4 aromatic carbocycles. The highest BCUT2D eigenvalue weighted by molar-refractivity contribution is 6.06. The molecule has 1 atom stereocenters. The van der Waals surface area contributed by atoms with Crippen molar-refractivity contribution in [3.63, 3.8) is 0 Å². The first-order chi connectivity index (χ1) is 23.4. The summed E-state index contributed by atoms with van der Waals surface area (Å²) in [6, 6.07) is 33.5. The predicted molar refractivity (Wildman–Crippen MR) is 188 cm³/mol. The topological polar surface area (TPSA) is 92.5 Å². The Morgan fingerprint density at radius 3 is 2.40 bits per heavy atom. The first-order valence-corrected chi connectivity index (χ1v) is 15.6. The Morgan fingerprint density at radius 1 is 0.917 bits per heavy atom. The van der Waals surface area contributed by atoms with Gasteiger partial charge in [0.1, 0.15) is 23.7 Å². The number of likely N-dealkylation sites (N-methyl/N-ethyl adjacent to an activating group) is 1. The third-order valence-corrected chi connectivity index (χ3v) is 7.66. The van der Waals surface area contributed by atoms with E-state index in [1.807, 2.05) is 116 Å². The molecule has 6 aromatic rings. The van der Waals surface area contributed by atoms with Gasteiger partial charge in [0, 0.05) is 29.4 Å². The molecular formula is C39H36FN5O3. The van der Waals surface area contributed by atoms with Gasteiger partial charge in [-0.05, 0) is 55.1 Å². The minimum Gasteiger partial charge on any atom is -0.437 e. The molecule has 9 heteroatoms. The van der Waals surface area contributed by atoms with Gasteiger partial charge in [0.15, 0.2) is 0 Å². The number of hydrogen-bond acceptors (Lipinski definition) is 7. The molecular weight excluding hydrogens is 605 g/mol. The molecule has 1 amide bonds. The van der Waals surface area contributed by atoms with Crippen LogP contribution in [0.3, 0.4) is 0 Å². The number of nitrogens with one attached hydrogen (secondary N) is 2. The van der Waals surface area contributed by atoms with Crippen LogP contribution < -0.4 is 10.6 Å². The number of benzene rings is 4. The summed E-state index contributed by atoms with van der Waals surface area (Å²) in [5.41, 5.74) is 5.41. The van der Waals surface area contributed by atoms with Crippen molar-refractivity contribution in [2.24, 2.45) is 0 Å². The van der Waals surface area contributed by atoms with E-state index in [4.69, 9.17) is 9.15 Å². The first kappa shape index (κ1) is 32.3. The molecule has 0 fully saturated rings. The lowest BCUT2D eigenvalue weighted by Gasteiger charge is -2.21. The van der Waals surface area contributed by atoms with Crippen LogP contribution >= 0.6 is 0 Å². The standard InChI is InChI=1S/C39H36FN5O3/c1-45(2)22-10-17-34(46)43-32-20-18-29(19-21-32)35-36-38(41-26-42-39(36)48-37(35)30-14-7-4-8-15-30)44-33(28-12-5-3-6-13-28)25-47-24-27-11-9-16-31(40)23-27/h3-21,23,26,33H,22,24-25H2,1-2H3,(H,43,46)(H,41,42,44). The van der Waals surface area contributed by atoms with Crippen molar-refractivity contribution in [3.8, 4) is 22.5 Å². The minimum atomic E-state index is -0.300. The summed E-state index contributed by atoms with van der Waals surface area (Å²) in [6.07, 6.45) is 4.83. The number of ether oxygens (including phenoxy) is 1. The number of anilines is 2. The minimum absolute atomic E-state index is 0.199. The summed E-state index contributed by atoms with van der Waals surface area (Å²) in [7, 11) is 3.89. The summed E-state index contributed by atoms with van der Waals surface area (Å²) in [6.45, 7) is 1.22. The number of halogens is 1. The number of amides is 1. The van der Waals surface area contributed by atoms with E-state index in [0.29, 0.717) is 41.5 Å². The Bertz CT molecular complexity index is 1990. The summed E-state index contributed by atoms with van der Waals surface area (Å²) in [5, 5.41) is 7.23. The Balaban J connectivity index is 1.35. The molecule has 0 aliphatic rings. The second-order valence-corrected chi connectivity index (χ2v) is 11.6. The normalized spacial score (nSPS) is 12.1. The number of aromatic nitrogens is 2. The summed E-state index contributed by atoms with van der Waals surface area (Å²) in [4.78, 5) is 23.6. The van der Waals surface area contributed by atoms with Gasteiger partial charge in [-0.3, -0.25) is 4.79 Å². The van der Waals surface area contributed by atoms with E-state index in [-0.39, 0.29) is 24.4 Å². The smallest absolute Gasteiger partial charge is 0.248 e. The molecule has 0 aliphatic heterocycles. The van der Waals surface area contributed by atoms with Gasteiger partial charge in [0.05, 0.1) is 24.6 Å². The summed E-state index contributed by atoms with van der Waals surface area (Å²) < 4.78 is 26.3. The van der Waals surface area contributed by atoms with Crippen molar-refractivity contribution in [3.05, 3.63) is 145 Å². The van der Waals surface area contributed by atoms with Gasteiger partial charge in [-0.2, -0.15) is 0 Å². The number of carbonyl (C=O) groups is 1. The SMILES string of the molecule is CN(C)CC=CC(=O)Nc1ccc(-c2c(-c3ccccc3)oc3ncnc(NC(COCc4cccc(F)c4)c4ccccc4)c23)cc1. The monoisotopic (exact) mass is 641 g/mol. The molecule has 0 aliphatic carbocycles. The molecule has 0 spiro atoms. The van der Waals surface area contributed by atoms with E-state index in [1.54, 1.807) is 6.07 Å². The van der Waals surface area contributed by atoms with E-state index >= 15 is 0 Å². The van der Waals surface area contributed by atoms with Crippen LogP contribution in [0.25, 0.3) is 33.6 Å². The third kappa shape index (κ3) is 8.01. The van der Waals surface area contributed by atoms with Crippen molar-refractivity contribution >= 4 is 28.5 Å². The van der Waals surface area contributed by atoms with Gasteiger partial charge < -0.3 is 24.7 Å². The molecule has 0 bridgehead atoms. The zero-order valence-electron chi connectivity index (χ0n) is 26.8. The van der Waals surface area contributed by atoms with E-state index in [2.05, 4.69) is 20.6 Å². The molecule has 2 heterocycles. The maximum absolute atomic E-state index is 13.8. The van der Waals surface area contributed by atoms with Crippen LogP contribution in [-0.4, -0.2) is 48.0 Å². The van der Waals surface area contributed by atoms with Crippen LogP contribution in [0.1, 0.15) is 17.2 Å². The van der Waals surface area contributed by atoms with Crippen molar-refractivity contribution in [2.45, 2.75) is 12.6 Å². The van der Waals surface area contributed by atoms with Crippen molar-refractivity contribution in [1.82, 2.24) is 14.9 Å². The van der Waals surface area contributed by atoms with E-state index < -0.39 is 0 Å². The molecule has 6 rings (SSSR count). The Labute approximate surface area is 278 Å². The average molecular weight is 642 g/mol. The lowest BCUT2D eigenvalue weighted by molar-refractivity contribution is -0.111. The number of fused-ring (bicyclic) bond motifs is 1. The molecule has 242 valence electrons. The molecule has 2 aromatic heterocycles. The maximum atomic E-state index is 13.8. The highest BCUT2D eigenvalue weighted by atomic mass is 19.1. The lowest BCUT2D eigenvalue weighted by atomic mass is 9.98. The fraction of sp³-hybridized carbons (Fsp3) is 0.154. The van der Waals surface area contributed by atoms with Crippen molar-refractivity contribution in [1.29, 1.82) is 0 Å². The average Bonchev–Trinajstić information content (AvgIpc) is 3.49. The van der Waals surface area contributed by atoms with Crippen LogP contribution in [0.5, 0.6) is 0 Å². The molecule has 2 N–H and O–H groups in total. The van der Waals surface area contributed by atoms with Crippen LogP contribution in [0.15, 0.2) is 132 Å². The van der Waals surface area contributed by atoms with Gasteiger partial charge in [-0.25, -0.2) is 14.4 Å². The zero-order chi connectivity index (χ0) is 33.3. The van der Waals surface area contributed by atoms with E-state index in [9.17, 15) is 9.18 Å². The van der Waals surface area contributed by atoms with Crippen molar-refractivity contribution < 1.29 is 18.3 Å². The largest absolute Gasteiger partial charge is 0.437 e. The summed E-state index contributed by atoms with van der Waals surface area (Å²) in [5.74, 6) is 0.727. The lowest BCUT2D eigenvalue weighted by Crippen LogP contribution is -2.18. The molecule has 8 nitrogen and oxygen atoms in total. The Hall–Kier alpha value is -5.64. The van der Waals surface area contributed by atoms with Crippen LogP contribution in [-0.2, 0) is 16.1 Å². The number of hydrogen-bond donors (Lipinski definition) is 2. The second-order valence-electron chi connectivity index (χ2n) is 11.6. The van der Waals surface area contributed by atoms with Gasteiger partial charge in [0.25, 0.3) is 0 Å². The van der Waals surface area contributed by atoms with Gasteiger partial charge in [-0.15, -0.1) is 0 Å². The molecule has 48 heavy (non-hydrogen) atoms. The van der Waals surface area contributed by atoms with Gasteiger partial charge in [0.2, 0.25) is 11.6 Å². The first-order valence-electron chi connectivity index (χ1n) is 15.6. The predicted octanol–water partition coefficient (Wildman–Crippen LogP) is 8.12. The number of rotatable bonds is 13. The highest BCUT2D eigenvalue weighted by Gasteiger charge is 2.24. The zero-order valence-corrected chi connectivity index (χ0v) is 26.8. The number of carbonyl (C=O) groups excluding carboxylic acids is 1. The quantitative estimate of drug-likeness (QED) is 0.123. The Morgan fingerprint density at radius 2 is 1.67 bits per heavy atom. The number of nitrogens with zero attached hydrogens (tertiary/aromatic N) is 3. The molecule has 0 saturated heterocycles. The van der Waals surface area contributed by atoms with E-state index in [1.165, 1.54) is 24.5 Å². The van der Waals surface area contributed by atoms with Crippen LogP contribution in [0.4, 0.5) is 15.9 Å². The van der Waals surface area contributed by atoms with Crippen molar-refractivity contribution in [2.75, 3.05) is 37.9 Å². The van der Waals surface area contributed by atoms with Gasteiger partial charge >= 0.3 is 0 Å². The van der Waals surface area contributed by atoms with Crippen LogP contribution in [0.2, 0.25) is 0 Å². The molecule has 0 radical (unpaired) electrons. The van der Waals surface area contributed by atoms with E-state index in [0.717, 1.165) is 27.8 Å². The fourth-order valence-electron chi connectivity index (χ4n) is 5.38.